The Bertz CT molecular complexity index is 450. The Balaban J connectivity index is 2.17. The molecule has 1 aliphatic carbocycles. The smallest absolute Gasteiger partial charge is 0.325 e. The van der Waals surface area contributed by atoms with E-state index in [9.17, 15) is 9.90 Å². The summed E-state index contributed by atoms with van der Waals surface area (Å²) in [5.74, 6) is -0.780. The van der Waals surface area contributed by atoms with Gasteiger partial charge in [-0.2, -0.15) is 0 Å². The van der Waals surface area contributed by atoms with Crippen LogP contribution in [0.25, 0.3) is 0 Å². The van der Waals surface area contributed by atoms with Gasteiger partial charge in [-0.15, -0.1) is 0 Å². The largest absolute Gasteiger partial charge is 0.480 e. The van der Waals surface area contributed by atoms with Crippen molar-refractivity contribution in [3.8, 4) is 0 Å². The molecule has 1 unspecified atom stereocenters. The maximum atomic E-state index is 11.5. The summed E-state index contributed by atoms with van der Waals surface area (Å²) in [6.07, 6.45) is 5.87. The van der Waals surface area contributed by atoms with Gasteiger partial charge in [0.1, 0.15) is 6.04 Å². The first-order chi connectivity index (χ1) is 9.08. The zero-order valence-corrected chi connectivity index (χ0v) is 11.8. The molecule has 2 rings (SSSR count). The molecular weight excluding hydrogens is 238 g/mol. The third-order valence-electron chi connectivity index (χ3n) is 3.99. The SMILES string of the molecule is Cc1ccc(C(NC2CCCCC2)C(=O)O)c(C)c1. The molecule has 0 radical (unpaired) electrons. The molecule has 1 saturated carbocycles. The second kappa shape index (κ2) is 6.20. The van der Waals surface area contributed by atoms with Crippen molar-refractivity contribution < 1.29 is 9.90 Å². The van der Waals surface area contributed by atoms with Gasteiger partial charge in [-0.25, -0.2) is 0 Å². The standard InChI is InChI=1S/C16H23NO2/c1-11-8-9-14(12(2)10-11)15(16(18)19)17-13-6-4-3-5-7-13/h8-10,13,15,17H,3-7H2,1-2H3,(H,18,19). The first kappa shape index (κ1) is 14.1. The molecule has 0 bridgehead atoms. The minimum Gasteiger partial charge on any atom is -0.480 e. The molecule has 1 aromatic carbocycles. The maximum Gasteiger partial charge on any atom is 0.325 e. The number of hydrogen-bond donors (Lipinski definition) is 2. The summed E-state index contributed by atoms with van der Waals surface area (Å²) in [7, 11) is 0. The van der Waals surface area contributed by atoms with Crippen molar-refractivity contribution in [2.24, 2.45) is 0 Å². The number of hydrogen-bond acceptors (Lipinski definition) is 2. The summed E-state index contributed by atoms with van der Waals surface area (Å²) in [5, 5.41) is 12.8. The molecule has 3 heteroatoms. The van der Waals surface area contributed by atoms with Crippen LogP contribution in [0.5, 0.6) is 0 Å². The van der Waals surface area contributed by atoms with Crippen LogP contribution in [0.3, 0.4) is 0 Å². The van der Waals surface area contributed by atoms with Gasteiger partial charge < -0.3 is 5.11 Å². The molecule has 0 spiro atoms. The van der Waals surface area contributed by atoms with Crippen LogP contribution in [-0.2, 0) is 4.79 Å². The van der Waals surface area contributed by atoms with Crippen molar-refractivity contribution in [2.75, 3.05) is 0 Å². The summed E-state index contributed by atoms with van der Waals surface area (Å²) in [6, 6.07) is 5.74. The Morgan fingerprint density at radius 2 is 1.95 bits per heavy atom. The highest BCUT2D eigenvalue weighted by Crippen LogP contribution is 2.24. The zero-order chi connectivity index (χ0) is 13.8. The Morgan fingerprint density at radius 3 is 2.53 bits per heavy atom. The number of rotatable bonds is 4. The van der Waals surface area contributed by atoms with Crippen LogP contribution in [0.1, 0.15) is 54.8 Å². The van der Waals surface area contributed by atoms with E-state index in [-0.39, 0.29) is 0 Å². The molecule has 0 amide bonds. The minimum atomic E-state index is -0.780. The monoisotopic (exact) mass is 261 g/mol. The number of benzene rings is 1. The summed E-state index contributed by atoms with van der Waals surface area (Å²) in [6.45, 7) is 4.02. The summed E-state index contributed by atoms with van der Waals surface area (Å²) < 4.78 is 0. The zero-order valence-electron chi connectivity index (χ0n) is 11.8. The highest BCUT2D eigenvalue weighted by molar-refractivity contribution is 5.76. The summed E-state index contributed by atoms with van der Waals surface area (Å²) in [5.41, 5.74) is 3.11. The molecule has 1 aliphatic rings. The van der Waals surface area contributed by atoms with Crippen LogP contribution in [0, 0.1) is 13.8 Å². The second-order valence-electron chi connectivity index (χ2n) is 5.63. The van der Waals surface area contributed by atoms with Crippen LogP contribution in [0.2, 0.25) is 0 Å². The first-order valence-corrected chi connectivity index (χ1v) is 7.14. The molecule has 3 nitrogen and oxygen atoms in total. The topological polar surface area (TPSA) is 49.3 Å². The molecule has 1 atom stereocenters. The third kappa shape index (κ3) is 3.57. The molecule has 1 aromatic rings. The van der Waals surface area contributed by atoms with Gasteiger partial charge in [-0.05, 0) is 37.8 Å². The minimum absolute atomic E-state index is 0.343. The predicted molar refractivity (Wildman–Crippen MR) is 76.3 cm³/mol. The fraction of sp³-hybridized carbons (Fsp3) is 0.562. The van der Waals surface area contributed by atoms with Crippen LogP contribution in [0.4, 0.5) is 0 Å². The molecule has 0 aromatic heterocycles. The summed E-state index contributed by atoms with van der Waals surface area (Å²) >= 11 is 0. The predicted octanol–water partition coefficient (Wildman–Crippen LogP) is 3.35. The number of carboxylic acids is 1. The van der Waals surface area contributed by atoms with Gasteiger partial charge in [0.25, 0.3) is 0 Å². The van der Waals surface area contributed by atoms with Crippen molar-refractivity contribution >= 4 is 5.97 Å². The number of carbonyl (C=O) groups is 1. The van der Waals surface area contributed by atoms with E-state index in [1.54, 1.807) is 0 Å². The Hall–Kier alpha value is -1.35. The summed E-state index contributed by atoms with van der Waals surface area (Å²) in [4.78, 5) is 11.5. The van der Waals surface area contributed by atoms with E-state index in [4.69, 9.17) is 0 Å². The van der Waals surface area contributed by atoms with Gasteiger partial charge in [0.2, 0.25) is 0 Å². The fourth-order valence-corrected chi connectivity index (χ4v) is 2.95. The van der Waals surface area contributed by atoms with E-state index in [0.717, 1.165) is 24.0 Å². The van der Waals surface area contributed by atoms with Crippen LogP contribution in [-0.4, -0.2) is 17.1 Å². The van der Waals surface area contributed by atoms with Crippen LogP contribution < -0.4 is 5.32 Å². The lowest BCUT2D eigenvalue weighted by Crippen LogP contribution is -2.38. The van der Waals surface area contributed by atoms with E-state index in [1.165, 1.54) is 24.8 Å². The van der Waals surface area contributed by atoms with E-state index in [2.05, 4.69) is 5.32 Å². The molecular formula is C16H23NO2. The molecule has 1 fully saturated rings. The van der Waals surface area contributed by atoms with Gasteiger partial charge in [-0.1, -0.05) is 43.0 Å². The average molecular weight is 261 g/mol. The quantitative estimate of drug-likeness (QED) is 0.873. The van der Waals surface area contributed by atoms with Gasteiger partial charge in [-0.3, -0.25) is 10.1 Å². The van der Waals surface area contributed by atoms with Gasteiger partial charge in [0.05, 0.1) is 0 Å². The normalized spacial score (nSPS) is 18.2. The molecule has 19 heavy (non-hydrogen) atoms. The lowest BCUT2D eigenvalue weighted by molar-refractivity contribution is -0.140. The lowest BCUT2D eigenvalue weighted by atomic mass is 9.93. The van der Waals surface area contributed by atoms with E-state index in [1.807, 2.05) is 32.0 Å². The lowest BCUT2D eigenvalue weighted by Gasteiger charge is -2.27. The highest BCUT2D eigenvalue weighted by Gasteiger charge is 2.25. The maximum absolute atomic E-state index is 11.5. The van der Waals surface area contributed by atoms with E-state index in [0.29, 0.717) is 6.04 Å². The highest BCUT2D eigenvalue weighted by atomic mass is 16.4. The van der Waals surface area contributed by atoms with Gasteiger partial charge in [0.15, 0.2) is 0 Å². The molecule has 104 valence electrons. The Labute approximate surface area is 115 Å². The van der Waals surface area contributed by atoms with Crippen molar-refractivity contribution in [1.29, 1.82) is 0 Å². The fourth-order valence-electron chi connectivity index (χ4n) is 2.95. The second-order valence-corrected chi connectivity index (χ2v) is 5.63. The average Bonchev–Trinajstić information content (AvgIpc) is 2.38. The van der Waals surface area contributed by atoms with Crippen LogP contribution >= 0.6 is 0 Å². The molecule has 0 aliphatic heterocycles. The van der Waals surface area contributed by atoms with Crippen molar-refractivity contribution in [1.82, 2.24) is 5.32 Å². The van der Waals surface area contributed by atoms with Gasteiger partial charge in [0, 0.05) is 6.04 Å². The Kier molecular flexibility index (Phi) is 4.59. The van der Waals surface area contributed by atoms with Crippen molar-refractivity contribution in [3.63, 3.8) is 0 Å². The van der Waals surface area contributed by atoms with E-state index >= 15 is 0 Å². The molecule has 0 saturated heterocycles. The van der Waals surface area contributed by atoms with Crippen molar-refractivity contribution in [2.45, 2.75) is 58.0 Å². The number of aryl methyl sites for hydroxylation is 2. The first-order valence-electron chi connectivity index (χ1n) is 7.14. The molecule has 0 heterocycles. The number of aliphatic carboxylic acids is 1. The van der Waals surface area contributed by atoms with Crippen LogP contribution in [0.15, 0.2) is 18.2 Å². The Morgan fingerprint density at radius 1 is 1.26 bits per heavy atom. The van der Waals surface area contributed by atoms with Gasteiger partial charge >= 0.3 is 5.97 Å². The molecule has 2 N–H and O–H groups in total. The third-order valence-corrected chi connectivity index (χ3v) is 3.99. The number of nitrogens with one attached hydrogen (secondary N) is 1. The van der Waals surface area contributed by atoms with E-state index < -0.39 is 12.0 Å². The number of carboxylic acid groups (broad SMARTS) is 1. The van der Waals surface area contributed by atoms with Crippen molar-refractivity contribution in [3.05, 3.63) is 34.9 Å².